The summed E-state index contributed by atoms with van der Waals surface area (Å²) >= 11 is 0. The summed E-state index contributed by atoms with van der Waals surface area (Å²) in [6, 6.07) is 8.12. The van der Waals surface area contributed by atoms with Gasteiger partial charge in [-0.15, -0.1) is 6.58 Å². The zero-order valence-electron chi connectivity index (χ0n) is 9.36. The second-order valence-electron chi connectivity index (χ2n) is 4.02. The molecule has 0 saturated heterocycles. The molecule has 82 valence electrons. The van der Waals surface area contributed by atoms with Crippen molar-refractivity contribution in [2.45, 2.75) is 13.3 Å². The Hall–Kier alpha value is -1.83. The fraction of sp³-hybridized carbons (Fsp3) is 0.214. The van der Waals surface area contributed by atoms with Crippen LogP contribution < -0.4 is 0 Å². The van der Waals surface area contributed by atoms with Gasteiger partial charge in [-0.1, -0.05) is 24.3 Å². The summed E-state index contributed by atoms with van der Waals surface area (Å²) in [6.45, 7) is 5.32. The van der Waals surface area contributed by atoms with Gasteiger partial charge in [0.15, 0.2) is 0 Å². The molecule has 1 N–H and O–H groups in total. The lowest BCUT2D eigenvalue weighted by molar-refractivity contribution is -0.119. The highest BCUT2D eigenvalue weighted by Gasteiger charge is 2.13. The lowest BCUT2D eigenvalue weighted by Crippen LogP contribution is -2.10. The second-order valence-corrected chi connectivity index (χ2v) is 4.02. The number of aromatic amines is 1. The molecule has 2 heteroatoms. The zero-order chi connectivity index (χ0) is 11.5. The number of hydrogen-bond donors (Lipinski definition) is 1. The molecule has 2 aromatic rings. The van der Waals surface area contributed by atoms with E-state index in [1.165, 1.54) is 10.9 Å². The first-order valence-corrected chi connectivity index (χ1v) is 5.40. The van der Waals surface area contributed by atoms with Crippen molar-refractivity contribution < 1.29 is 4.79 Å². The van der Waals surface area contributed by atoms with Gasteiger partial charge in [0.2, 0.25) is 0 Å². The number of Topliss-reactive ketones (excluding diaryl/α,β-unsaturated/α-hetero) is 1. The van der Waals surface area contributed by atoms with E-state index < -0.39 is 0 Å². The number of fused-ring (bicyclic) bond motifs is 1. The number of carbonyl (C=O) groups is 1. The van der Waals surface area contributed by atoms with Crippen LogP contribution in [0.5, 0.6) is 0 Å². The fourth-order valence-electron chi connectivity index (χ4n) is 1.93. The van der Waals surface area contributed by atoms with E-state index in [9.17, 15) is 4.79 Å². The van der Waals surface area contributed by atoms with Crippen molar-refractivity contribution in [3.63, 3.8) is 0 Å². The Balaban J connectivity index is 2.34. The molecule has 0 fully saturated rings. The van der Waals surface area contributed by atoms with Gasteiger partial charge in [0, 0.05) is 23.0 Å². The third-order valence-electron chi connectivity index (χ3n) is 2.92. The largest absolute Gasteiger partial charge is 0.361 e. The number of aromatic nitrogens is 1. The van der Waals surface area contributed by atoms with Crippen LogP contribution in [0.2, 0.25) is 0 Å². The number of H-pyrrole nitrogens is 1. The first-order valence-electron chi connectivity index (χ1n) is 5.40. The van der Waals surface area contributed by atoms with Crippen molar-refractivity contribution in [2.75, 3.05) is 0 Å². The normalized spacial score (nSPS) is 12.6. The molecule has 1 aromatic heterocycles. The van der Waals surface area contributed by atoms with Gasteiger partial charge in [-0.2, -0.15) is 0 Å². The molecule has 16 heavy (non-hydrogen) atoms. The van der Waals surface area contributed by atoms with Gasteiger partial charge in [0.25, 0.3) is 0 Å². The highest BCUT2D eigenvalue weighted by molar-refractivity contribution is 5.85. The smallest absolute Gasteiger partial charge is 0.136 e. The van der Waals surface area contributed by atoms with Crippen LogP contribution in [0.3, 0.4) is 0 Å². The molecule has 0 aliphatic carbocycles. The Morgan fingerprint density at radius 3 is 2.94 bits per heavy atom. The zero-order valence-corrected chi connectivity index (χ0v) is 9.36. The molecular weight excluding hydrogens is 198 g/mol. The second kappa shape index (κ2) is 4.35. The van der Waals surface area contributed by atoms with Gasteiger partial charge >= 0.3 is 0 Å². The summed E-state index contributed by atoms with van der Waals surface area (Å²) in [5.74, 6) is 0.0829. The molecule has 1 aromatic carbocycles. The summed E-state index contributed by atoms with van der Waals surface area (Å²) in [6.07, 6.45) is 4.43. The van der Waals surface area contributed by atoms with Gasteiger partial charge in [-0.25, -0.2) is 0 Å². The summed E-state index contributed by atoms with van der Waals surface area (Å²) in [7, 11) is 0. The molecule has 0 aliphatic rings. The Morgan fingerprint density at radius 1 is 1.50 bits per heavy atom. The minimum absolute atomic E-state index is 0.0841. The molecule has 1 heterocycles. The number of ketones is 1. The predicted octanol–water partition coefficient (Wildman–Crippen LogP) is 3.10. The summed E-state index contributed by atoms with van der Waals surface area (Å²) in [5, 5.41) is 1.19. The summed E-state index contributed by atoms with van der Waals surface area (Å²) in [5.41, 5.74) is 2.29. The van der Waals surface area contributed by atoms with E-state index in [0.29, 0.717) is 0 Å². The minimum atomic E-state index is -0.0841. The molecule has 2 nitrogen and oxygen atoms in total. The third-order valence-corrected chi connectivity index (χ3v) is 2.92. The topological polar surface area (TPSA) is 32.9 Å². The number of para-hydroxylation sites is 1. The molecule has 0 spiro atoms. The van der Waals surface area contributed by atoms with Gasteiger partial charge in [-0.3, -0.25) is 4.79 Å². The highest BCUT2D eigenvalue weighted by Crippen LogP contribution is 2.21. The van der Waals surface area contributed by atoms with Crippen LogP contribution in [0.4, 0.5) is 0 Å². The fourth-order valence-corrected chi connectivity index (χ4v) is 1.93. The van der Waals surface area contributed by atoms with Crippen LogP contribution in [0, 0.1) is 5.92 Å². The van der Waals surface area contributed by atoms with Gasteiger partial charge in [-0.05, 0) is 25.0 Å². The molecule has 0 saturated carbocycles. The molecule has 0 radical (unpaired) electrons. The maximum atomic E-state index is 11.4. The first-order chi connectivity index (χ1) is 7.72. The molecular formula is C14H15NO. The van der Waals surface area contributed by atoms with E-state index in [1.807, 2.05) is 24.4 Å². The van der Waals surface area contributed by atoms with Crippen molar-refractivity contribution in [2.24, 2.45) is 5.92 Å². The monoisotopic (exact) mass is 213 g/mol. The minimum Gasteiger partial charge on any atom is -0.361 e. The standard InChI is InChI=1S/C14H15NO/c1-3-11(10(2)16)8-12-9-15-14-7-5-4-6-13(12)14/h3-7,9,11,15H,1,8H2,2H3/t11-/m1/s1. The molecule has 0 aliphatic heterocycles. The third kappa shape index (κ3) is 1.91. The highest BCUT2D eigenvalue weighted by atomic mass is 16.1. The average Bonchev–Trinajstić information content (AvgIpc) is 2.69. The van der Waals surface area contributed by atoms with Gasteiger partial charge in [0.05, 0.1) is 0 Å². The van der Waals surface area contributed by atoms with E-state index >= 15 is 0 Å². The van der Waals surface area contributed by atoms with E-state index in [2.05, 4.69) is 17.6 Å². The van der Waals surface area contributed by atoms with E-state index in [-0.39, 0.29) is 11.7 Å². The molecule has 0 unspecified atom stereocenters. The lowest BCUT2D eigenvalue weighted by atomic mass is 9.96. The molecule has 0 amide bonds. The predicted molar refractivity (Wildman–Crippen MR) is 66.4 cm³/mol. The van der Waals surface area contributed by atoms with Crippen LogP contribution >= 0.6 is 0 Å². The Kier molecular flexibility index (Phi) is 2.91. The Labute approximate surface area is 95.0 Å². The number of allylic oxidation sites excluding steroid dienone is 1. The SMILES string of the molecule is C=C[C@H](Cc1c[nH]c2ccccc12)C(C)=O. The van der Waals surface area contributed by atoms with Crippen LogP contribution in [0.25, 0.3) is 10.9 Å². The molecule has 2 rings (SSSR count). The van der Waals surface area contributed by atoms with E-state index in [1.54, 1.807) is 13.0 Å². The van der Waals surface area contributed by atoms with Crippen LogP contribution in [0.1, 0.15) is 12.5 Å². The summed E-state index contributed by atoms with van der Waals surface area (Å²) < 4.78 is 0. The average molecular weight is 213 g/mol. The number of hydrogen-bond acceptors (Lipinski definition) is 1. The Morgan fingerprint density at radius 2 is 2.25 bits per heavy atom. The Bertz CT molecular complexity index is 524. The van der Waals surface area contributed by atoms with Crippen molar-refractivity contribution in [3.8, 4) is 0 Å². The summed E-state index contributed by atoms with van der Waals surface area (Å²) in [4.78, 5) is 14.6. The molecule has 0 bridgehead atoms. The molecule has 1 atom stereocenters. The maximum Gasteiger partial charge on any atom is 0.136 e. The number of nitrogens with one attached hydrogen (secondary N) is 1. The quantitative estimate of drug-likeness (QED) is 0.778. The van der Waals surface area contributed by atoms with E-state index in [0.717, 1.165) is 11.9 Å². The van der Waals surface area contributed by atoms with Crippen LogP contribution in [-0.4, -0.2) is 10.8 Å². The number of carbonyl (C=O) groups excluding carboxylic acids is 1. The van der Waals surface area contributed by atoms with Crippen molar-refractivity contribution >= 4 is 16.7 Å². The number of rotatable bonds is 4. The van der Waals surface area contributed by atoms with E-state index in [4.69, 9.17) is 0 Å². The van der Waals surface area contributed by atoms with Crippen LogP contribution in [0.15, 0.2) is 43.1 Å². The van der Waals surface area contributed by atoms with Crippen molar-refractivity contribution in [1.29, 1.82) is 0 Å². The first kappa shape index (κ1) is 10.7. The van der Waals surface area contributed by atoms with Crippen LogP contribution in [-0.2, 0) is 11.2 Å². The van der Waals surface area contributed by atoms with Gasteiger partial charge in [0.1, 0.15) is 5.78 Å². The maximum absolute atomic E-state index is 11.4. The van der Waals surface area contributed by atoms with Crippen molar-refractivity contribution in [3.05, 3.63) is 48.7 Å². The van der Waals surface area contributed by atoms with Gasteiger partial charge < -0.3 is 4.98 Å². The lowest BCUT2D eigenvalue weighted by Gasteiger charge is -2.07. The van der Waals surface area contributed by atoms with Crippen molar-refractivity contribution in [1.82, 2.24) is 4.98 Å². The number of benzene rings is 1.